The maximum Gasteiger partial charge on any atom is 0.352 e. The van der Waals surface area contributed by atoms with Gasteiger partial charge in [-0.25, -0.2) is 13.9 Å². The molecule has 0 aliphatic heterocycles. The third-order valence-corrected chi connectivity index (χ3v) is 4.88. The van der Waals surface area contributed by atoms with Crippen molar-refractivity contribution >= 4 is 28.3 Å². The molecule has 0 amide bonds. The minimum absolute atomic E-state index is 0.163. The van der Waals surface area contributed by atoms with Gasteiger partial charge in [-0.15, -0.1) is 5.10 Å². The quantitative estimate of drug-likeness (QED) is 0.544. The molecule has 6 nitrogen and oxygen atoms in total. The van der Waals surface area contributed by atoms with Crippen LogP contribution in [0.5, 0.6) is 0 Å². The molecule has 0 fully saturated rings. The van der Waals surface area contributed by atoms with Crippen LogP contribution in [0.2, 0.25) is 5.02 Å². The van der Waals surface area contributed by atoms with Crippen LogP contribution in [0.1, 0.15) is 24.5 Å². The highest BCUT2D eigenvalue weighted by Gasteiger charge is 2.17. The number of hydrogen-bond donors (Lipinski definition) is 0. The fourth-order valence-corrected chi connectivity index (χ4v) is 3.45. The zero-order valence-corrected chi connectivity index (χ0v) is 15.9. The first-order valence-electron chi connectivity index (χ1n) is 8.86. The zero-order chi connectivity index (χ0) is 19.1. The topological polar surface area (TPSA) is 61.3 Å². The number of rotatable bonds is 4. The highest BCUT2D eigenvalue weighted by atomic mass is 35.5. The highest BCUT2D eigenvalue weighted by Crippen LogP contribution is 2.17. The lowest BCUT2D eigenvalue weighted by atomic mass is 10.1. The zero-order valence-electron chi connectivity index (χ0n) is 15.1. The van der Waals surface area contributed by atoms with E-state index in [0.717, 1.165) is 17.5 Å². The molecule has 0 N–H and O–H groups in total. The highest BCUT2D eigenvalue weighted by molar-refractivity contribution is 6.31. The van der Waals surface area contributed by atoms with E-state index >= 15 is 0 Å². The van der Waals surface area contributed by atoms with Gasteiger partial charge in [0.1, 0.15) is 0 Å². The molecule has 4 aromatic rings. The van der Waals surface area contributed by atoms with Crippen LogP contribution >= 0.6 is 11.6 Å². The predicted octanol–water partition coefficient (Wildman–Crippen LogP) is 3.23. The second-order valence-corrected chi connectivity index (χ2v) is 7.12. The summed E-state index contributed by atoms with van der Waals surface area (Å²) < 4.78 is 4.43. The number of halogens is 1. The average molecular weight is 383 g/mol. The molecule has 0 bridgehead atoms. The fourth-order valence-electron chi connectivity index (χ4n) is 3.28. The first kappa shape index (κ1) is 17.5. The van der Waals surface area contributed by atoms with Crippen LogP contribution in [-0.4, -0.2) is 18.7 Å². The Hall–Kier alpha value is -2.86. The molecule has 27 heavy (non-hydrogen) atoms. The molecule has 4 rings (SSSR count). The van der Waals surface area contributed by atoms with Crippen molar-refractivity contribution in [2.75, 3.05) is 0 Å². The molecular weight excluding hydrogens is 364 g/mol. The van der Waals surface area contributed by atoms with E-state index < -0.39 is 0 Å². The second-order valence-electron chi connectivity index (χ2n) is 6.68. The van der Waals surface area contributed by atoms with Crippen molar-refractivity contribution in [1.29, 1.82) is 0 Å². The SMILES string of the molecule is CCCn1c(=O)c2ccc(Cl)cc2n2c(=O)n(Cc3ccc(C)cc3)nc12. The minimum atomic E-state index is -0.289. The van der Waals surface area contributed by atoms with Gasteiger partial charge in [0.2, 0.25) is 5.78 Å². The number of aromatic nitrogens is 4. The molecular formula is C20H19ClN4O2. The summed E-state index contributed by atoms with van der Waals surface area (Å²) in [5.41, 5.74) is 2.15. The lowest BCUT2D eigenvalue weighted by molar-refractivity contribution is 0.639. The van der Waals surface area contributed by atoms with Gasteiger partial charge in [-0.05, 0) is 37.1 Å². The van der Waals surface area contributed by atoms with Crippen LogP contribution in [0.25, 0.3) is 16.7 Å². The summed E-state index contributed by atoms with van der Waals surface area (Å²) >= 11 is 6.12. The second kappa shape index (κ2) is 6.70. The van der Waals surface area contributed by atoms with Crippen molar-refractivity contribution in [3.63, 3.8) is 0 Å². The normalized spacial score (nSPS) is 11.5. The van der Waals surface area contributed by atoms with Gasteiger partial charge in [-0.2, -0.15) is 0 Å². The van der Waals surface area contributed by atoms with E-state index in [1.54, 1.807) is 22.8 Å². The Kier molecular flexibility index (Phi) is 4.36. The lowest BCUT2D eigenvalue weighted by Crippen LogP contribution is -2.26. The van der Waals surface area contributed by atoms with E-state index in [1.807, 2.05) is 38.1 Å². The third kappa shape index (κ3) is 2.96. The van der Waals surface area contributed by atoms with Crippen molar-refractivity contribution < 1.29 is 0 Å². The van der Waals surface area contributed by atoms with Crippen LogP contribution in [0.4, 0.5) is 0 Å². The van der Waals surface area contributed by atoms with E-state index in [0.29, 0.717) is 34.8 Å². The van der Waals surface area contributed by atoms with Crippen LogP contribution in [0.3, 0.4) is 0 Å². The molecule has 0 aliphatic carbocycles. The molecule has 0 atom stereocenters. The molecule has 0 radical (unpaired) electrons. The number of aryl methyl sites for hydroxylation is 2. The predicted molar refractivity (Wildman–Crippen MR) is 107 cm³/mol. The molecule has 0 saturated heterocycles. The van der Waals surface area contributed by atoms with Gasteiger partial charge in [0.25, 0.3) is 5.56 Å². The van der Waals surface area contributed by atoms with Crippen molar-refractivity contribution in [3.05, 3.63) is 79.5 Å². The molecule has 2 aromatic carbocycles. The van der Waals surface area contributed by atoms with Crippen molar-refractivity contribution in [2.45, 2.75) is 33.4 Å². The number of hydrogen-bond acceptors (Lipinski definition) is 3. The summed E-state index contributed by atoms with van der Waals surface area (Å²) in [7, 11) is 0. The summed E-state index contributed by atoms with van der Waals surface area (Å²) in [4.78, 5) is 26.0. The van der Waals surface area contributed by atoms with Gasteiger partial charge < -0.3 is 0 Å². The Morgan fingerprint density at radius 1 is 1.07 bits per heavy atom. The monoisotopic (exact) mass is 382 g/mol. The largest absolute Gasteiger partial charge is 0.352 e. The minimum Gasteiger partial charge on any atom is -0.276 e. The summed E-state index contributed by atoms with van der Waals surface area (Å²) in [5.74, 6) is 0.341. The maximum atomic E-state index is 13.1. The summed E-state index contributed by atoms with van der Waals surface area (Å²) in [6, 6.07) is 12.9. The summed E-state index contributed by atoms with van der Waals surface area (Å²) in [5, 5.41) is 5.40. The van der Waals surface area contributed by atoms with Crippen molar-refractivity contribution in [2.24, 2.45) is 0 Å². The third-order valence-electron chi connectivity index (χ3n) is 4.64. The van der Waals surface area contributed by atoms with Gasteiger partial charge in [0.05, 0.1) is 17.4 Å². The first-order valence-corrected chi connectivity index (χ1v) is 9.24. The van der Waals surface area contributed by atoms with Crippen molar-refractivity contribution in [1.82, 2.24) is 18.7 Å². The van der Waals surface area contributed by atoms with Gasteiger partial charge in [-0.1, -0.05) is 48.4 Å². The van der Waals surface area contributed by atoms with Gasteiger partial charge in [0.15, 0.2) is 0 Å². The van der Waals surface area contributed by atoms with Gasteiger partial charge in [0, 0.05) is 11.6 Å². The number of nitrogens with zero attached hydrogens (tertiary/aromatic N) is 4. The lowest BCUT2D eigenvalue weighted by Gasteiger charge is -2.08. The van der Waals surface area contributed by atoms with E-state index in [4.69, 9.17) is 11.6 Å². The Morgan fingerprint density at radius 2 is 1.81 bits per heavy atom. The van der Waals surface area contributed by atoms with Crippen LogP contribution in [0.15, 0.2) is 52.1 Å². The molecule has 0 spiro atoms. The average Bonchev–Trinajstić information content (AvgIpc) is 2.97. The van der Waals surface area contributed by atoms with E-state index in [1.165, 1.54) is 9.08 Å². The Labute approximate surface area is 160 Å². The molecule has 138 valence electrons. The Balaban J connectivity index is 2.02. The molecule has 0 saturated carbocycles. The number of benzene rings is 2. The molecule has 0 aliphatic rings. The number of fused-ring (bicyclic) bond motifs is 3. The Bertz CT molecular complexity index is 1270. The van der Waals surface area contributed by atoms with E-state index in [9.17, 15) is 9.59 Å². The maximum absolute atomic E-state index is 13.1. The van der Waals surface area contributed by atoms with E-state index in [2.05, 4.69) is 5.10 Å². The first-order chi connectivity index (χ1) is 13.0. The van der Waals surface area contributed by atoms with Crippen molar-refractivity contribution in [3.8, 4) is 0 Å². The fraction of sp³-hybridized carbons (Fsp3) is 0.250. The molecule has 7 heteroatoms. The van der Waals surface area contributed by atoms with Gasteiger partial charge >= 0.3 is 5.69 Å². The molecule has 2 aromatic heterocycles. The molecule has 2 heterocycles. The van der Waals surface area contributed by atoms with Crippen LogP contribution in [0, 0.1) is 6.92 Å². The summed E-state index contributed by atoms with van der Waals surface area (Å²) in [6.07, 6.45) is 0.758. The Morgan fingerprint density at radius 3 is 2.52 bits per heavy atom. The van der Waals surface area contributed by atoms with Crippen LogP contribution in [-0.2, 0) is 13.1 Å². The smallest absolute Gasteiger partial charge is 0.276 e. The van der Waals surface area contributed by atoms with Gasteiger partial charge in [-0.3, -0.25) is 9.36 Å². The van der Waals surface area contributed by atoms with E-state index in [-0.39, 0.29) is 11.2 Å². The standard InChI is InChI=1S/C20H19ClN4O2/c1-3-10-23-18(26)16-9-8-15(21)11-17(16)25-19(23)22-24(20(25)27)12-14-6-4-13(2)5-7-14/h4-9,11H,3,10,12H2,1-2H3. The van der Waals surface area contributed by atoms with Crippen LogP contribution < -0.4 is 11.2 Å². The summed E-state index contributed by atoms with van der Waals surface area (Å²) in [6.45, 7) is 4.82. The molecule has 0 unspecified atom stereocenters.